The van der Waals surface area contributed by atoms with E-state index in [2.05, 4.69) is 10.3 Å². The van der Waals surface area contributed by atoms with Gasteiger partial charge in [-0.15, -0.1) is 0 Å². The number of thiocarbonyl (C=S) groups is 1. The average Bonchev–Trinajstić information content (AvgIpc) is 2.73. The zero-order chi connectivity index (χ0) is 15.3. The second-order valence-corrected chi connectivity index (χ2v) is 6.29. The first kappa shape index (κ1) is 15.9. The molecule has 0 spiro atoms. The fourth-order valence-corrected chi connectivity index (χ4v) is 3.24. The Morgan fingerprint density at radius 3 is 2.62 bits per heavy atom. The number of carbonyl (C=O) groups excluding carboxylic acids is 1. The van der Waals surface area contributed by atoms with Crippen LogP contribution in [0.5, 0.6) is 0 Å². The minimum absolute atomic E-state index is 0.0276. The number of pyridine rings is 1. The molecule has 1 saturated carbocycles. The van der Waals surface area contributed by atoms with E-state index in [1.54, 1.807) is 12.4 Å². The highest BCUT2D eigenvalue weighted by Crippen LogP contribution is 2.35. The fourth-order valence-electron chi connectivity index (χ4n) is 2.94. The molecular formula is C16H23N3OS. The van der Waals surface area contributed by atoms with Gasteiger partial charge in [-0.25, -0.2) is 0 Å². The van der Waals surface area contributed by atoms with Crippen molar-refractivity contribution >= 4 is 23.1 Å². The number of aromatic nitrogens is 1. The third kappa shape index (κ3) is 3.59. The van der Waals surface area contributed by atoms with Crippen LogP contribution in [0.3, 0.4) is 0 Å². The highest BCUT2D eigenvalue weighted by Gasteiger charge is 2.41. The number of hydrogen-bond acceptors (Lipinski definition) is 3. The molecule has 0 aliphatic heterocycles. The topological polar surface area (TPSA) is 68.0 Å². The van der Waals surface area contributed by atoms with Crippen molar-refractivity contribution in [2.45, 2.75) is 52.0 Å². The van der Waals surface area contributed by atoms with Crippen molar-refractivity contribution in [2.75, 3.05) is 0 Å². The molecular weight excluding hydrogens is 282 g/mol. The van der Waals surface area contributed by atoms with Crippen molar-refractivity contribution in [2.24, 2.45) is 11.1 Å². The van der Waals surface area contributed by atoms with Crippen LogP contribution in [0.15, 0.2) is 18.5 Å². The van der Waals surface area contributed by atoms with Crippen LogP contribution in [0.1, 0.15) is 49.7 Å². The molecule has 1 heterocycles. The van der Waals surface area contributed by atoms with E-state index in [1.807, 2.05) is 13.0 Å². The summed E-state index contributed by atoms with van der Waals surface area (Å²) in [6, 6.07) is 1.94. The quantitative estimate of drug-likeness (QED) is 0.663. The van der Waals surface area contributed by atoms with Crippen molar-refractivity contribution in [3.63, 3.8) is 0 Å². The van der Waals surface area contributed by atoms with Gasteiger partial charge in [0.2, 0.25) is 5.91 Å². The SMILES string of the molecule is Cc1ccncc1CNC(=O)C1(C(N)=S)CCCCCC1. The molecule has 1 aromatic rings. The number of nitrogens with one attached hydrogen (secondary N) is 1. The van der Waals surface area contributed by atoms with Gasteiger partial charge in [-0.3, -0.25) is 9.78 Å². The zero-order valence-corrected chi connectivity index (χ0v) is 13.3. The minimum atomic E-state index is -0.665. The molecule has 0 aromatic carbocycles. The van der Waals surface area contributed by atoms with Gasteiger partial charge < -0.3 is 11.1 Å². The number of nitrogens with two attached hydrogens (primary N) is 1. The predicted molar refractivity (Wildman–Crippen MR) is 87.7 cm³/mol. The summed E-state index contributed by atoms with van der Waals surface area (Å²) >= 11 is 5.23. The molecule has 114 valence electrons. The Labute approximate surface area is 131 Å². The fraction of sp³-hybridized carbons (Fsp3) is 0.562. The van der Waals surface area contributed by atoms with Gasteiger partial charge in [-0.1, -0.05) is 37.9 Å². The van der Waals surface area contributed by atoms with Crippen LogP contribution in [0.2, 0.25) is 0 Å². The highest BCUT2D eigenvalue weighted by molar-refractivity contribution is 7.80. The molecule has 4 nitrogen and oxygen atoms in total. The Bertz CT molecular complexity index is 522. The molecule has 1 fully saturated rings. The molecule has 3 N–H and O–H groups in total. The molecule has 5 heteroatoms. The average molecular weight is 305 g/mol. The second kappa shape index (κ2) is 6.98. The van der Waals surface area contributed by atoms with Crippen LogP contribution in [0, 0.1) is 12.3 Å². The van der Waals surface area contributed by atoms with Gasteiger partial charge >= 0.3 is 0 Å². The van der Waals surface area contributed by atoms with E-state index in [4.69, 9.17) is 18.0 Å². The monoisotopic (exact) mass is 305 g/mol. The molecule has 0 unspecified atom stereocenters. The Balaban J connectivity index is 2.09. The lowest BCUT2D eigenvalue weighted by Crippen LogP contribution is -2.48. The second-order valence-electron chi connectivity index (χ2n) is 5.85. The van der Waals surface area contributed by atoms with E-state index in [0.29, 0.717) is 11.5 Å². The highest BCUT2D eigenvalue weighted by atomic mass is 32.1. The maximum Gasteiger partial charge on any atom is 0.233 e. The Hall–Kier alpha value is -1.49. The van der Waals surface area contributed by atoms with Crippen LogP contribution in [0.25, 0.3) is 0 Å². The van der Waals surface area contributed by atoms with E-state index in [0.717, 1.165) is 49.7 Å². The first-order valence-corrected chi connectivity index (χ1v) is 7.95. The van der Waals surface area contributed by atoms with Crippen molar-refractivity contribution in [1.29, 1.82) is 0 Å². The maximum absolute atomic E-state index is 12.7. The summed E-state index contributed by atoms with van der Waals surface area (Å²) in [6.07, 6.45) is 9.39. The third-order valence-corrected chi connectivity index (χ3v) is 4.84. The standard InChI is InChI=1S/C16H23N3OS/c1-12-6-9-18-10-13(12)11-19-15(20)16(14(17)21)7-4-2-3-5-8-16/h6,9-10H,2-5,7-8,11H2,1H3,(H2,17,21)(H,19,20). The van der Waals surface area contributed by atoms with E-state index < -0.39 is 5.41 Å². The number of hydrogen-bond donors (Lipinski definition) is 2. The van der Waals surface area contributed by atoms with E-state index in [-0.39, 0.29) is 5.91 Å². The Morgan fingerprint density at radius 2 is 2.05 bits per heavy atom. The number of nitrogens with zero attached hydrogens (tertiary/aromatic N) is 1. The van der Waals surface area contributed by atoms with Gasteiger partial charge in [-0.05, 0) is 37.0 Å². The van der Waals surface area contributed by atoms with Crippen molar-refractivity contribution in [3.05, 3.63) is 29.6 Å². The number of amides is 1. The van der Waals surface area contributed by atoms with Crippen molar-refractivity contribution in [1.82, 2.24) is 10.3 Å². The molecule has 1 amide bonds. The summed E-state index contributed by atoms with van der Waals surface area (Å²) in [5.41, 5.74) is 7.41. The number of rotatable bonds is 4. The van der Waals surface area contributed by atoms with E-state index in [1.165, 1.54) is 0 Å². The van der Waals surface area contributed by atoms with Gasteiger partial charge in [0.05, 0.1) is 10.4 Å². The third-order valence-electron chi connectivity index (χ3n) is 4.45. The molecule has 0 bridgehead atoms. The summed E-state index contributed by atoms with van der Waals surface area (Å²) in [7, 11) is 0. The number of carbonyl (C=O) groups is 1. The zero-order valence-electron chi connectivity index (χ0n) is 12.5. The Morgan fingerprint density at radius 1 is 1.38 bits per heavy atom. The van der Waals surface area contributed by atoms with Gasteiger partial charge in [0, 0.05) is 18.9 Å². The summed E-state index contributed by atoms with van der Waals surface area (Å²) in [5.74, 6) is -0.0276. The van der Waals surface area contributed by atoms with E-state index in [9.17, 15) is 4.79 Å². The predicted octanol–water partition coefficient (Wildman–Crippen LogP) is 2.63. The van der Waals surface area contributed by atoms with Crippen molar-refractivity contribution < 1.29 is 4.79 Å². The van der Waals surface area contributed by atoms with Gasteiger partial charge in [0.25, 0.3) is 0 Å². The van der Waals surface area contributed by atoms with Gasteiger partial charge in [0.1, 0.15) is 0 Å². The first-order valence-electron chi connectivity index (χ1n) is 7.54. The first-order chi connectivity index (χ1) is 10.1. The molecule has 1 aliphatic carbocycles. The van der Waals surface area contributed by atoms with Gasteiger partial charge in [0.15, 0.2) is 0 Å². The number of aryl methyl sites for hydroxylation is 1. The van der Waals surface area contributed by atoms with E-state index >= 15 is 0 Å². The van der Waals surface area contributed by atoms with Gasteiger partial charge in [-0.2, -0.15) is 0 Å². The van der Waals surface area contributed by atoms with Crippen molar-refractivity contribution in [3.8, 4) is 0 Å². The molecule has 0 atom stereocenters. The van der Waals surface area contributed by atoms with Crippen LogP contribution < -0.4 is 11.1 Å². The summed E-state index contributed by atoms with van der Waals surface area (Å²) in [6.45, 7) is 2.49. The lowest BCUT2D eigenvalue weighted by molar-refractivity contribution is -0.128. The van der Waals surface area contributed by atoms with Crippen LogP contribution in [-0.2, 0) is 11.3 Å². The minimum Gasteiger partial charge on any atom is -0.392 e. The molecule has 2 rings (SSSR count). The maximum atomic E-state index is 12.7. The summed E-state index contributed by atoms with van der Waals surface area (Å²) < 4.78 is 0. The summed E-state index contributed by atoms with van der Waals surface area (Å²) in [4.78, 5) is 17.1. The molecule has 21 heavy (non-hydrogen) atoms. The lowest BCUT2D eigenvalue weighted by Gasteiger charge is -2.30. The molecule has 1 aromatic heterocycles. The van der Waals surface area contributed by atoms with Crippen LogP contribution >= 0.6 is 12.2 Å². The van der Waals surface area contributed by atoms with Crippen LogP contribution in [0.4, 0.5) is 0 Å². The molecule has 0 radical (unpaired) electrons. The summed E-state index contributed by atoms with van der Waals surface area (Å²) in [5, 5.41) is 3.01. The van der Waals surface area contributed by atoms with Crippen LogP contribution in [-0.4, -0.2) is 15.9 Å². The molecule has 1 aliphatic rings. The normalized spacial score (nSPS) is 17.8. The largest absolute Gasteiger partial charge is 0.392 e. The molecule has 0 saturated heterocycles. The smallest absolute Gasteiger partial charge is 0.233 e. The Kier molecular flexibility index (Phi) is 5.28. The lowest BCUT2D eigenvalue weighted by atomic mass is 9.79.